The van der Waals surface area contributed by atoms with Crippen LogP contribution in [0.2, 0.25) is 0 Å². The summed E-state index contributed by atoms with van der Waals surface area (Å²) in [6, 6.07) is 0. The Morgan fingerprint density at radius 2 is 2.00 bits per heavy atom. The van der Waals surface area contributed by atoms with Crippen LogP contribution in [-0.2, 0) is 19.1 Å². The van der Waals surface area contributed by atoms with Crippen molar-refractivity contribution in [3.8, 4) is 0 Å². The highest BCUT2D eigenvalue weighted by molar-refractivity contribution is 6.01. The lowest BCUT2D eigenvalue weighted by Gasteiger charge is -2.25. The number of nitrogens with zero attached hydrogens (tertiary/aromatic N) is 1. The molecule has 2 aliphatic rings. The average Bonchev–Trinajstić information content (AvgIpc) is 2.76. The largest absolute Gasteiger partial charge is 0.442 e. The summed E-state index contributed by atoms with van der Waals surface area (Å²) in [5, 5.41) is 0. The van der Waals surface area contributed by atoms with Crippen molar-refractivity contribution in [2.24, 2.45) is 5.73 Å². The summed E-state index contributed by atoms with van der Waals surface area (Å²) in [6.45, 7) is 1.24. The van der Waals surface area contributed by atoms with Crippen LogP contribution in [0.1, 0.15) is 39.0 Å². The standard InChI is InChI=1S/C15H20N2O4/c1-15(16,9-11-5-3-2-4-6-11)14(20)21-10-17-12(18)7-8-13(17)19/h3,5-6H,2,4,7-10,16H2,1H3/t15-/m0/s1. The number of carbonyl (C=O) groups excluding carboxylic acids is 3. The molecule has 1 heterocycles. The first kappa shape index (κ1) is 15.4. The Hall–Kier alpha value is -1.95. The van der Waals surface area contributed by atoms with Crippen molar-refractivity contribution in [3.63, 3.8) is 0 Å². The summed E-state index contributed by atoms with van der Waals surface area (Å²) in [7, 11) is 0. The zero-order valence-corrected chi connectivity index (χ0v) is 12.1. The van der Waals surface area contributed by atoms with E-state index in [1.807, 2.05) is 18.2 Å². The van der Waals surface area contributed by atoms with Crippen LogP contribution in [0.5, 0.6) is 0 Å². The average molecular weight is 292 g/mol. The molecule has 0 aromatic heterocycles. The summed E-state index contributed by atoms with van der Waals surface area (Å²) in [5.74, 6) is -1.25. The van der Waals surface area contributed by atoms with Gasteiger partial charge in [-0.05, 0) is 25.3 Å². The van der Waals surface area contributed by atoms with E-state index in [0.717, 1.165) is 23.3 Å². The number of allylic oxidation sites excluding steroid dienone is 3. The van der Waals surface area contributed by atoms with Crippen LogP contribution in [0.4, 0.5) is 0 Å². The predicted octanol–water partition coefficient (Wildman–Crippen LogP) is 1.02. The minimum absolute atomic E-state index is 0.175. The maximum absolute atomic E-state index is 12.1. The number of nitrogens with two attached hydrogens (primary N) is 1. The van der Waals surface area contributed by atoms with Crippen molar-refractivity contribution in [2.75, 3.05) is 6.73 Å². The molecule has 0 aromatic carbocycles. The van der Waals surface area contributed by atoms with Crippen LogP contribution in [0.15, 0.2) is 23.8 Å². The number of hydrogen-bond acceptors (Lipinski definition) is 5. The molecule has 0 spiro atoms. The second kappa shape index (κ2) is 6.22. The Labute approximate surface area is 123 Å². The normalized spacial score (nSPS) is 21.2. The lowest BCUT2D eigenvalue weighted by Crippen LogP contribution is -2.48. The molecule has 1 aliphatic heterocycles. The van der Waals surface area contributed by atoms with Crippen LogP contribution in [-0.4, -0.2) is 35.0 Å². The molecule has 0 bridgehead atoms. The van der Waals surface area contributed by atoms with E-state index in [4.69, 9.17) is 10.5 Å². The van der Waals surface area contributed by atoms with Crippen LogP contribution in [0.25, 0.3) is 0 Å². The number of carbonyl (C=O) groups is 3. The molecule has 2 N–H and O–H groups in total. The molecule has 2 amide bonds. The Bertz CT molecular complexity index is 504. The molecule has 6 heteroatoms. The molecule has 0 saturated carbocycles. The number of amides is 2. The number of imide groups is 1. The van der Waals surface area contributed by atoms with Crippen molar-refractivity contribution in [1.82, 2.24) is 4.90 Å². The van der Waals surface area contributed by atoms with Gasteiger partial charge in [0.2, 0.25) is 11.8 Å². The molecule has 6 nitrogen and oxygen atoms in total. The van der Waals surface area contributed by atoms with Gasteiger partial charge in [0, 0.05) is 19.3 Å². The van der Waals surface area contributed by atoms with Gasteiger partial charge in [-0.2, -0.15) is 0 Å². The highest BCUT2D eigenvalue weighted by Gasteiger charge is 2.34. The number of likely N-dealkylation sites (tertiary alicyclic amines) is 1. The number of rotatable bonds is 5. The quantitative estimate of drug-likeness (QED) is 0.603. The van der Waals surface area contributed by atoms with Crippen LogP contribution in [0.3, 0.4) is 0 Å². The van der Waals surface area contributed by atoms with E-state index in [9.17, 15) is 14.4 Å². The molecule has 1 saturated heterocycles. The fraction of sp³-hybridized carbons (Fsp3) is 0.533. The van der Waals surface area contributed by atoms with E-state index in [1.54, 1.807) is 6.92 Å². The summed E-state index contributed by atoms with van der Waals surface area (Å²) >= 11 is 0. The Balaban J connectivity index is 1.89. The van der Waals surface area contributed by atoms with Gasteiger partial charge in [0.1, 0.15) is 5.54 Å². The van der Waals surface area contributed by atoms with E-state index in [2.05, 4.69) is 0 Å². The van der Waals surface area contributed by atoms with Gasteiger partial charge in [0.25, 0.3) is 0 Å². The summed E-state index contributed by atoms with van der Waals surface area (Å²) in [5.41, 5.74) is 5.82. The summed E-state index contributed by atoms with van der Waals surface area (Å²) in [6.07, 6.45) is 8.69. The van der Waals surface area contributed by atoms with E-state index in [0.29, 0.717) is 6.42 Å². The molecule has 0 unspecified atom stereocenters. The molecular formula is C15H20N2O4. The van der Waals surface area contributed by atoms with Gasteiger partial charge in [-0.1, -0.05) is 18.2 Å². The monoisotopic (exact) mass is 292 g/mol. The third-order valence-electron chi connectivity index (χ3n) is 3.59. The Morgan fingerprint density at radius 3 is 2.57 bits per heavy atom. The van der Waals surface area contributed by atoms with Crippen molar-refractivity contribution in [3.05, 3.63) is 23.8 Å². The van der Waals surface area contributed by atoms with E-state index < -0.39 is 11.5 Å². The SMILES string of the molecule is C[C@](N)(CC1=CCCC=C1)C(=O)OCN1C(=O)CCC1=O. The minimum atomic E-state index is -1.18. The fourth-order valence-electron chi connectivity index (χ4n) is 2.35. The van der Waals surface area contributed by atoms with E-state index in [1.165, 1.54) is 0 Å². The maximum Gasteiger partial charge on any atom is 0.327 e. The van der Waals surface area contributed by atoms with Gasteiger partial charge in [-0.15, -0.1) is 0 Å². The van der Waals surface area contributed by atoms with Crippen molar-refractivity contribution in [2.45, 2.75) is 44.6 Å². The number of hydrogen-bond donors (Lipinski definition) is 1. The maximum atomic E-state index is 12.1. The first-order valence-electron chi connectivity index (χ1n) is 7.05. The lowest BCUT2D eigenvalue weighted by atomic mass is 9.91. The molecule has 21 heavy (non-hydrogen) atoms. The van der Waals surface area contributed by atoms with Gasteiger partial charge in [-0.3, -0.25) is 9.59 Å². The molecule has 0 radical (unpaired) electrons. The molecule has 1 aliphatic carbocycles. The van der Waals surface area contributed by atoms with Crippen molar-refractivity contribution in [1.29, 1.82) is 0 Å². The van der Waals surface area contributed by atoms with Crippen molar-refractivity contribution >= 4 is 17.8 Å². The Morgan fingerprint density at radius 1 is 1.33 bits per heavy atom. The topological polar surface area (TPSA) is 89.7 Å². The lowest BCUT2D eigenvalue weighted by molar-refractivity contribution is -0.159. The number of esters is 1. The highest BCUT2D eigenvalue weighted by atomic mass is 16.5. The molecule has 0 aromatic rings. The fourth-order valence-corrected chi connectivity index (χ4v) is 2.35. The highest BCUT2D eigenvalue weighted by Crippen LogP contribution is 2.21. The minimum Gasteiger partial charge on any atom is -0.442 e. The van der Waals surface area contributed by atoms with Gasteiger partial charge in [0.15, 0.2) is 6.73 Å². The van der Waals surface area contributed by atoms with Crippen molar-refractivity contribution < 1.29 is 19.1 Å². The third kappa shape index (κ3) is 3.78. The predicted molar refractivity (Wildman–Crippen MR) is 75.7 cm³/mol. The van der Waals surface area contributed by atoms with Crippen LogP contribution < -0.4 is 5.73 Å². The van der Waals surface area contributed by atoms with Gasteiger partial charge in [-0.25, -0.2) is 9.69 Å². The van der Waals surface area contributed by atoms with Crippen LogP contribution in [0, 0.1) is 0 Å². The van der Waals surface area contributed by atoms with E-state index in [-0.39, 0.29) is 31.4 Å². The molecular weight excluding hydrogens is 272 g/mol. The van der Waals surface area contributed by atoms with E-state index >= 15 is 0 Å². The first-order chi connectivity index (χ1) is 9.90. The molecule has 1 fully saturated rings. The Kier molecular flexibility index (Phi) is 4.57. The van der Waals surface area contributed by atoms with Gasteiger partial charge >= 0.3 is 5.97 Å². The van der Waals surface area contributed by atoms with Gasteiger partial charge < -0.3 is 10.5 Å². The second-order valence-corrected chi connectivity index (χ2v) is 5.63. The third-order valence-corrected chi connectivity index (χ3v) is 3.59. The summed E-state index contributed by atoms with van der Waals surface area (Å²) < 4.78 is 5.04. The number of ether oxygens (including phenoxy) is 1. The van der Waals surface area contributed by atoms with Crippen LogP contribution >= 0.6 is 0 Å². The molecule has 114 valence electrons. The summed E-state index contributed by atoms with van der Waals surface area (Å²) in [4.78, 5) is 35.9. The van der Waals surface area contributed by atoms with Gasteiger partial charge in [0.05, 0.1) is 0 Å². The zero-order chi connectivity index (χ0) is 15.5. The first-order valence-corrected chi connectivity index (χ1v) is 7.05. The second-order valence-electron chi connectivity index (χ2n) is 5.63. The molecule has 2 rings (SSSR count). The smallest absolute Gasteiger partial charge is 0.327 e. The molecule has 1 atom stereocenters. The zero-order valence-electron chi connectivity index (χ0n) is 12.1.